The average molecular weight is 436 g/mol. The number of esters is 1. The highest BCUT2D eigenvalue weighted by molar-refractivity contribution is 9.10. The molecule has 0 spiro atoms. The molecule has 6 nitrogen and oxygen atoms in total. The lowest BCUT2D eigenvalue weighted by Crippen LogP contribution is -2.00. The molecule has 0 unspecified atom stereocenters. The summed E-state index contributed by atoms with van der Waals surface area (Å²) in [6, 6.07) is 1.79. The van der Waals surface area contributed by atoms with Crippen molar-refractivity contribution < 1.29 is 14.3 Å². The van der Waals surface area contributed by atoms with Gasteiger partial charge in [0.15, 0.2) is 0 Å². The lowest BCUT2D eigenvalue weighted by Gasteiger charge is -2.07. The summed E-state index contributed by atoms with van der Waals surface area (Å²) >= 11 is 4.98. The van der Waals surface area contributed by atoms with Crippen LogP contribution in [-0.2, 0) is 4.74 Å². The van der Waals surface area contributed by atoms with Gasteiger partial charge in [-0.2, -0.15) is 5.10 Å². The molecule has 1 saturated carbocycles. The molecular weight excluding hydrogens is 418 g/mol. The largest absolute Gasteiger partial charge is 0.479 e. The molecule has 4 rings (SSSR count). The number of nitrogens with zero attached hydrogens (tertiary/aromatic N) is 3. The number of carbonyl (C=O) groups is 1. The van der Waals surface area contributed by atoms with Gasteiger partial charge in [-0.25, -0.2) is 14.5 Å². The fraction of sp³-hybridized carbons (Fsp3) is 0.389. The van der Waals surface area contributed by atoms with E-state index in [9.17, 15) is 4.79 Å². The highest BCUT2D eigenvalue weighted by atomic mass is 79.9. The Balaban J connectivity index is 1.95. The summed E-state index contributed by atoms with van der Waals surface area (Å²) < 4.78 is 13.1. The van der Waals surface area contributed by atoms with Gasteiger partial charge in [0.1, 0.15) is 10.4 Å². The van der Waals surface area contributed by atoms with Crippen LogP contribution < -0.4 is 4.74 Å². The summed E-state index contributed by atoms with van der Waals surface area (Å²) in [5, 5.41) is 7.87. The lowest BCUT2D eigenvalue weighted by atomic mass is 10.0. The predicted molar refractivity (Wildman–Crippen MR) is 104 cm³/mol. The van der Waals surface area contributed by atoms with Crippen LogP contribution in [0.15, 0.2) is 22.1 Å². The van der Waals surface area contributed by atoms with Gasteiger partial charge in [-0.05, 0) is 34.8 Å². The van der Waals surface area contributed by atoms with Crippen LogP contribution in [0, 0.1) is 0 Å². The van der Waals surface area contributed by atoms with E-state index in [1.807, 2.05) is 10.1 Å². The molecule has 0 atom stereocenters. The van der Waals surface area contributed by atoms with Gasteiger partial charge in [0, 0.05) is 27.4 Å². The molecule has 26 heavy (non-hydrogen) atoms. The maximum atomic E-state index is 11.8. The monoisotopic (exact) mass is 435 g/mol. The topological polar surface area (TPSA) is 66.2 Å². The molecule has 1 fully saturated rings. The van der Waals surface area contributed by atoms with Gasteiger partial charge < -0.3 is 9.47 Å². The number of ether oxygens (including phenoxy) is 2. The molecule has 0 radical (unpaired) electrons. The molecule has 0 saturated heterocycles. The second-order valence-electron chi connectivity index (χ2n) is 6.28. The third-order valence-corrected chi connectivity index (χ3v) is 6.30. The van der Waals surface area contributed by atoms with E-state index < -0.39 is 0 Å². The minimum absolute atomic E-state index is 0.347. The Morgan fingerprint density at radius 3 is 2.81 bits per heavy atom. The summed E-state index contributed by atoms with van der Waals surface area (Å²) in [6.07, 6.45) is 6.49. The maximum Gasteiger partial charge on any atom is 0.348 e. The summed E-state index contributed by atoms with van der Waals surface area (Å²) in [5.41, 5.74) is 2.69. The Morgan fingerprint density at radius 1 is 1.35 bits per heavy atom. The molecule has 3 heterocycles. The van der Waals surface area contributed by atoms with Crippen molar-refractivity contribution in [2.75, 3.05) is 14.2 Å². The van der Waals surface area contributed by atoms with Crippen LogP contribution >= 0.6 is 27.3 Å². The number of hydrogen-bond acceptors (Lipinski definition) is 6. The fourth-order valence-electron chi connectivity index (χ4n) is 3.58. The molecule has 0 aliphatic heterocycles. The van der Waals surface area contributed by atoms with Gasteiger partial charge in [-0.15, -0.1) is 11.3 Å². The van der Waals surface area contributed by atoms with Gasteiger partial charge in [0.05, 0.1) is 25.6 Å². The Hall–Kier alpha value is -1.93. The van der Waals surface area contributed by atoms with Crippen LogP contribution in [0.1, 0.15) is 47.0 Å². The number of fused-ring (bicyclic) bond motifs is 1. The minimum Gasteiger partial charge on any atom is -0.479 e. The lowest BCUT2D eigenvalue weighted by molar-refractivity contribution is 0.0606. The number of hydrogen-bond donors (Lipinski definition) is 0. The fourth-order valence-corrected chi connectivity index (χ4v) is 4.85. The van der Waals surface area contributed by atoms with E-state index in [0.717, 1.165) is 39.6 Å². The van der Waals surface area contributed by atoms with Crippen molar-refractivity contribution in [1.82, 2.24) is 14.8 Å². The molecule has 8 heteroatoms. The number of aromatic nitrogens is 3. The van der Waals surface area contributed by atoms with E-state index in [4.69, 9.17) is 14.6 Å². The molecular formula is C18H18BrN3O3S. The van der Waals surface area contributed by atoms with Crippen LogP contribution in [-0.4, -0.2) is 35.0 Å². The molecule has 3 aromatic rings. The molecule has 0 N–H and O–H groups in total. The number of pyridine rings is 1. The summed E-state index contributed by atoms with van der Waals surface area (Å²) in [5.74, 6) is 0.603. The Kier molecular flexibility index (Phi) is 4.71. The molecule has 0 aromatic carbocycles. The first kappa shape index (κ1) is 17.5. The van der Waals surface area contributed by atoms with Crippen LogP contribution in [0.4, 0.5) is 0 Å². The molecule has 1 aliphatic rings. The zero-order valence-corrected chi connectivity index (χ0v) is 16.9. The molecule has 136 valence electrons. The van der Waals surface area contributed by atoms with Crippen LogP contribution in [0.25, 0.3) is 16.6 Å². The van der Waals surface area contributed by atoms with Crippen molar-refractivity contribution in [1.29, 1.82) is 0 Å². The van der Waals surface area contributed by atoms with Gasteiger partial charge >= 0.3 is 5.97 Å². The zero-order chi connectivity index (χ0) is 18.3. The SMILES string of the molecule is COC(=O)c1cc(-n2nc(C3CCCC3)c3c(Br)cnc(OC)c32)cs1. The summed E-state index contributed by atoms with van der Waals surface area (Å²) in [6.45, 7) is 0. The standard InChI is InChI=1S/C18H18BrN3O3S/c1-24-17-16-14(12(19)8-20-17)15(10-5-3-4-6-10)21-22(16)11-7-13(26-9-11)18(23)25-2/h7-10H,3-6H2,1-2H3. The van der Waals surface area contributed by atoms with Crippen LogP contribution in [0.5, 0.6) is 5.88 Å². The first-order chi connectivity index (χ1) is 12.6. The molecule has 0 bridgehead atoms. The predicted octanol–water partition coefficient (Wildman–Crippen LogP) is 4.70. The highest BCUT2D eigenvalue weighted by Gasteiger charge is 2.27. The average Bonchev–Trinajstić information content (AvgIpc) is 3.39. The van der Waals surface area contributed by atoms with E-state index in [-0.39, 0.29) is 5.97 Å². The normalized spacial score (nSPS) is 14.9. The van der Waals surface area contributed by atoms with E-state index in [0.29, 0.717) is 16.7 Å². The van der Waals surface area contributed by atoms with Gasteiger partial charge in [-0.1, -0.05) is 12.8 Å². The van der Waals surface area contributed by atoms with Crippen LogP contribution in [0.3, 0.4) is 0 Å². The van der Waals surface area contributed by atoms with E-state index in [1.165, 1.54) is 31.3 Å². The first-order valence-electron chi connectivity index (χ1n) is 8.42. The van der Waals surface area contributed by atoms with Crippen molar-refractivity contribution >= 4 is 44.1 Å². The molecule has 3 aromatic heterocycles. The van der Waals surface area contributed by atoms with Crippen molar-refractivity contribution in [2.45, 2.75) is 31.6 Å². The van der Waals surface area contributed by atoms with Crippen LogP contribution in [0.2, 0.25) is 0 Å². The number of halogens is 1. The van der Waals surface area contributed by atoms with E-state index >= 15 is 0 Å². The maximum absolute atomic E-state index is 11.8. The zero-order valence-electron chi connectivity index (χ0n) is 14.5. The Labute approximate surface area is 163 Å². The van der Waals surface area contributed by atoms with Gasteiger partial charge in [-0.3, -0.25) is 0 Å². The highest BCUT2D eigenvalue weighted by Crippen LogP contribution is 2.42. The van der Waals surface area contributed by atoms with Crippen molar-refractivity contribution in [2.24, 2.45) is 0 Å². The number of carbonyl (C=O) groups excluding carboxylic acids is 1. The Bertz CT molecular complexity index is 976. The number of rotatable bonds is 4. The quantitative estimate of drug-likeness (QED) is 0.555. The van der Waals surface area contributed by atoms with Crippen molar-refractivity contribution in [3.8, 4) is 11.6 Å². The smallest absolute Gasteiger partial charge is 0.348 e. The molecule has 1 aliphatic carbocycles. The Morgan fingerprint density at radius 2 is 2.12 bits per heavy atom. The van der Waals surface area contributed by atoms with Gasteiger partial charge in [0.2, 0.25) is 5.88 Å². The van der Waals surface area contributed by atoms with Gasteiger partial charge in [0.25, 0.3) is 0 Å². The van der Waals surface area contributed by atoms with E-state index in [1.54, 1.807) is 19.4 Å². The van der Waals surface area contributed by atoms with Crippen molar-refractivity contribution in [3.05, 3.63) is 32.7 Å². The summed E-state index contributed by atoms with van der Waals surface area (Å²) in [7, 11) is 2.99. The number of methoxy groups -OCH3 is 2. The van der Waals surface area contributed by atoms with E-state index in [2.05, 4.69) is 20.9 Å². The third kappa shape index (κ3) is 2.81. The molecule has 0 amide bonds. The third-order valence-electron chi connectivity index (χ3n) is 4.80. The number of thiophene rings is 1. The summed E-state index contributed by atoms with van der Waals surface area (Å²) in [4.78, 5) is 16.8. The van der Waals surface area contributed by atoms with Crippen molar-refractivity contribution in [3.63, 3.8) is 0 Å². The first-order valence-corrected chi connectivity index (χ1v) is 10.1. The second-order valence-corrected chi connectivity index (χ2v) is 8.04. The second kappa shape index (κ2) is 7.00. The minimum atomic E-state index is -0.347.